The van der Waals surface area contributed by atoms with Crippen LogP contribution >= 0.6 is 24.0 Å². The Kier molecular flexibility index (Phi) is 13.1. The zero-order valence-electron chi connectivity index (χ0n) is 18.3. The number of halogens is 1. The topological polar surface area (TPSA) is 64.1 Å². The zero-order chi connectivity index (χ0) is 20.9. The summed E-state index contributed by atoms with van der Waals surface area (Å²) < 4.78 is 16.5. The van der Waals surface area contributed by atoms with Crippen molar-refractivity contribution in [2.45, 2.75) is 39.5 Å². The summed E-state index contributed by atoms with van der Waals surface area (Å²) in [5.41, 5.74) is 3.26. The molecule has 2 aromatic rings. The number of nitrogens with zero attached hydrogens (tertiary/aromatic N) is 1. The number of nitrogens with one attached hydrogen (secondary N) is 2. The van der Waals surface area contributed by atoms with Crippen LogP contribution in [0.3, 0.4) is 0 Å². The van der Waals surface area contributed by atoms with E-state index in [-0.39, 0.29) is 30.1 Å². The van der Waals surface area contributed by atoms with Crippen molar-refractivity contribution in [3.63, 3.8) is 0 Å². The quantitative estimate of drug-likeness (QED) is 0.190. The molecule has 0 radical (unpaired) electrons. The molecule has 0 amide bonds. The molecule has 7 heteroatoms. The highest BCUT2D eigenvalue weighted by molar-refractivity contribution is 14.0. The lowest BCUT2D eigenvalue weighted by molar-refractivity contribution is 0.0657. The summed E-state index contributed by atoms with van der Waals surface area (Å²) in [5, 5.41) is 6.65. The van der Waals surface area contributed by atoms with Gasteiger partial charge in [-0.15, -0.1) is 24.0 Å². The van der Waals surface area contributed by atoms with Gasteiger partial charge in [-0.1, -0.05) is 30.3 Å². The maximum absolute atomic E-state index is 5.75. The summed E-state index contributed by atoms with van der Waals surface area (Å²) in [4.78, 5) is 4.31. The van der Waals surface area contributed by atoms with E-state index in [0.717, 1.165) is 17.9 Å². The fourth-order valence-corrected chi connectivity index (χ4v) is 2.65. The number of aliphatic imine (C=N–C) groups is 1. The molecule has 0 atom stereocenters. The molecule has 2 aromatic carbocycles. The molecule has 0 saturated carbocycles. The van der Waals surface area contributed by atoms with Crippen molar-refractivity contribution in [3.8, 4) is 5.75 Å². The normalized spacial score (nSPS) is 11.2. The Morgan fingerprint density at radius 1 is 1.03 bits per heavy atom. The Morgan fingerprint density at radius 3 is 2.53 bits per heavy atom. The number of hydrogen-bond donors (Lipinski definition) is 2. The van der Waals surface area contributed by atoms with E-state index >= 15 is 0 Å². The Bertz CT molecular complexity index is 769. The van der Waals surface area contributed by atoms with Gasteiger partial charge in [-0.05, 0) is 37.1 Å². The third kappa shape index (κ3) is 10.3. The Labute approximate surface area is 197 Å². The van der Waals surface area contributed by atoms with Gasteiger partial charge in [-0.25, -0.2) is 0 Å². The van der Waals surface area contributed by atoms with Crippen molar-refractivity contribution >= 4 is 35.6 Å². The predicted molar refractivity (Wildman–Crippen MR) is 134 cm³/mol. The van der Waals surface area contributed by atoms with Crippen molar-refractivity contribution < 1.29 is 14.2 Å². The Morgan fingerprint density at radius 2 is 1.80 bits per heavy atom. The van der Waals surface area contributed by atoms with Crippen molar-refractivity contribution in [2.75, 3.05) is 32.7 Å². The second-order valence-electron chi connectivity index (χ2n) is 6.95. The number of guanidine groups is 1. The molecule has 0 bridgehead atoms. The second kappa shape index (κ2) is 15.0. The van der Waals surface area contributed by atoms with E-state index in [1.54, 1.807) is 14.2 Å². The van der Waals surface area contributed by atoms with Crippen LogP contribution in [-0.4, -0.2) is 39.4 Å². The molecule has 2 rings (SSSR count). The molecule has 0 fully saturated rings. The molecule has 2 N–H and O–H groups in total. The highest BCUT2D eigenvalue weighted by atomic mass is 127. The monoisotopic (exact) mass is 527 g/mol. The molecule has 0 aliphatic carbocycles. The van der Waals surface area contributed by atoms with Crippen LogP contribution in [0.2, 0.25) is 0 Å². The average Bonchev–Trinajstić information content (AvgIpc) is 2.73. The third-order valence-corrected chi connectivity index (χ3v) is 4.12. The number of methoxy groups -OCH3 is 1. The van der Waals surface area contributed by atoms with Crippen LogP contribution in [0.25, 0.3) is 0 Å². The maximum atomic E-state index is 5.75. The summed E-state index contributed by atoms with van der Waals surface area (Å²) in [6.45, 7) is 6.69. The molecule has 6 nitrogen and oxygen atoms in total. The zero-order valence-corrected chi connectivity index (χ0v) is 20.6. The largest absolute Gasteiger partial charge is 0.493 e. The van der Waals surface area contributed by atoms with Gasteiger partial charge in [-0.2, -0.15) is 0 Å². The van der Waals surface area contributed by atoms with Gasteiger partial charge in [-0.3, -0.25) is 4.99 Å². The molecule has 0 aliphatic heterocycles. The van der Waals surface area contributed by atoms with Gasteiger partial charge in [0.1, 0.15) is 5.75 Å². The van der Waals surface area contributed by atoms with Gasteiger partial charge in [0.05, 0.1) is 19.3 Å². The van der Waals surface area contributed by atoms with Gasteiger partial charge in [0, 0.05) is 45.5 Å². The third-order valence-electron chi connectivity index (χ3n) is 4.12. The number of benzene rings is 2. The molecule has 0 spiro atoms. The lowest BCUT2D eigenvalue weighted by Crippen LogP contribution is -2.30. The first-order chi connectivity index (χ1) is 14.1. The first kappa shape index (κ1) is 26.2. The lowest BCUT2D eigenvalue weighted by Gasteiger charge is -2.14. The van der Waals surface area contributed by atoms with E-state index in [2.05, 4.69) is 39.9 Å². The van der Waals surface area contributed by atoms with E-state index in [0.29, 0.717) is 32.3 Å². The van der Waals surface area contributed by atoms with Crippen LogP contribution in [0.15, 0.2) is 53.5 Å². The van der Waals surface area contributed by atoms with Crippen LogP contribution in [0.1, 0.15) is 31.4 Å². The first-order valence-corrected chi connectivity index (χ1v) is 9.99. The summed E-state index contributed by atoms with van der Waals surface area (Å²) in [5.74, 6) is 1.52. The first-order valence-electron chi connectivity index (χ1n) is 9.99. The van der Waals surface area contributed by atoms with E-state index in [9.17, 15) is 0 Å². The second-order valence-corrected chi connectivity index (χ2v) is 6.95. The van der Waals surface area contributed by atoms with E-state index < -0.39 is 0 Å². The van der Waals surface area contributed by atoms with Crippen molar-refractivity contribution in [1.29, 1.82) is 0 Å². The van der Waals surface area contributed by atoms with Crippen LogP contribution in [0.4, 0.5) is 5.69 Å². The number of anilines is 1. The smallest absolute Gasteiger partial charge is 0.195 e. The van der Waals surface area contributed by atoms with Gasteiger partial charge in [0.25, 0.3) is 0 Å². The average molecular weight is 527 g/mol. The molecule has 0 aliphatic rings. The molecule has 0 heterocycles. The van der Waals surface area contributed by atoms with E-state index in [4.69, 9.17) is 14.2 Å². The van der Waals surface area contributed by atoms with Gasteiger partial charge >= 0.3 is 0 Å². The minimum absolute atomic E-state index is 0. The standard InChI is InChI=1S/C23H33N3O3.HI/c1-18(2)29-17-20-9-5-8-19(14-20)16-25-23(24-3)26-21-10-6-11-22(15-21)28-13-7-12-27-4;/h5-6,8-11,14-15,18H,7,12-13,16-17H2,1-4H3,(H2,24,25,26);1H. The van der Waals surface area contributed by atoms with Crippen LogP contribution < -0.4 is 15.4 Å². The van der Waals surface area contributed by atoms with Crippen LogP contribution in [0, 0.1) is 0 Å². The lowest BCUT2D eigenvalue weighted by atomic mass is 10.1. The maximum Gasteiger partial charge on any atom is 0.195 e. The van der Waals surface area contributed by atoms with Crippen molar-refractivity contribution in [1.82, 2.24) is 5.32 Å². The van der Waals surface area contributed by atoms with Crippen molar-refractivity contribution in [3.05, 3.63) is 59.7 Å². The summed E-state index contributed by atoms with van der Waals surface area (Å²) >= 11 is 0. The van der Waals surface area contributed by atoms with Gasteiger partial charge in [0.15, 0.2) is 5.96 Å². The predicted octanol–water partition coefficient (Wildman–Crippen LogP) is 4.83. The highest BCUT2D eigenvalue weighted by Crippen LogP contribution is 2.17. The van der Waals surface area contributed by atoms with Gasteiger partial charge in [0.2, 0.25) is 0 Å². The molecule has 166 valence electrons. The Hall–Kier alpha value is -1.84. The molecule has 0 saturated heterocycles. The summed E-state index contributed by atoms with van der Waals surface area (Å²) in [6, 6.07) is 16.2. The summed E-state index contributed by atoms with van der Waals surface area (Å²) in [7, 11) is 3.45. The molecule has 0 aromatic heterocycles. The fraction of sp³-hybridized carbons (Fsp3) is 0.435. The van der Waals surface area contributed by atoms with Crippen LogP contribution in [-0.2, 0) is 22.6 Å². The van der Waals surface area contributed by atoms with Crippen LogP contribution in [0.5, 0.6) is 5.75 Å². The number of rotatable bonds is 11. The number of hydrogen-bond acceptors (Lipinski definition) is 4. The fourth-order valence-electron chi connectivity index (χ4n) is 2.65. The van der Waals surface area contributed by atoms with E-state index in [1.165, 1.54) is 11.1 Å². The minimum Gasteiger partial charge on any atom is -0.493 e. The SMILES string of the molecule is CN=C(NCc1cccc(COC(C)C)c1)Nc1cccc(OCCCOC)c1.I. The van der Waals surface area contributed by atoms with Gasteiger partial charge < -0.3 is 24.8 Å². The molecular formula is C23H34IN3O3. The Balaban J connectivity index is 0.00000450. The molecule has 0 unspecified atom stereocenters. The van der Waals surface area contributed by atoms with E-state index in [1.807, 2.05) is 38.1 Å². The molecule has 30 heavy (non-hydrogen) atoms. The number of ether oxygens (including phenoxy) is 3. The molecular weight excluding hydrogens is 493 g/mol. The minimum atomic E-state index is 0. The highest BCUT2D eigenvalue weighted by Gasteiger charge is 2.03. The van der Waals surface area contributed by atoms with Crippen molar-refractivity contribution in [2.24, 2.45) is 4.99 Å². The summed E-state index contributed by atoms with van der Waals surface area (Å²) in [6.07, 6.45) is 1.08.